The Morgan fingerprint density at radius 3 is 0.469 bits per heavy atom. The van der Waals surface area contributed by atoms with Crippen LogP contribution in [0.15, 0.2) is 0 Å². The van der Waals surface area contributed by atoms with E-state index in [2.05, 4.69) is 0 Å². The number of nitrogens with zero attached hydrogens (tertiary/aromatic N) is 4. The van der Waals surface area contributed by atoms with Crippen molar-refractivity contribution >= 4 is 25.3 Å². The summed E-state index contributed by atoms with van der Waals surface area (Å²) in [4.78, 5) is 29.0. The second-order valence-corrected chi connectivity index (χ2v) is 13.0. The van der Waals surface area contributed by atoms with Crippen molar-refractivity contribution in [1.82, 2.24) is 22.4 Å². The van der Waals surface area contributed by atoms with Crippen molar-refractivity contribution in [3.8, 4) is 0 Å². The molecule has 3 fully saturated rings. The molecular formula is C28H58Fe2KN4O12S2-. The summed E-state index contributed by atoms with van der Waals surface area (Å²) in [5.41, 5.74) is 23.0. The minimum absolute atomic E-state index is 0. The largest absolute Gasteiger partial charge is 1.00 e. The van der Waals surface area contributed by atoms with Crippen molar-refractivity contribution < 1.29 is 123 Å². The molecule has 292 valence electrons. The zero-order valence-corrected chi connectivity index (χ0v) is 37.3. The Kier molecular flexibility index (Phi) is 99.0. The minimum atomic E-state index is 0. The van der Waals surface area contributed by atoms with Crippen LogP contribution < -0.4 is 73.8 Å². The molecule has 4 radical (unpaired) electrons. The Bertz CT molecular complexity index is 407. The second-order valence-electron chi connectivity index (χ2n) is 10.5. The summed E-state index contributed by atoms with van der Waals surface area (Å²) in [6.07, 6.45) is 5.11. The monoisotopic (exact) mass is 857 g/mol. The summed E-state index contributed by atoms with van der Waals surface area (Å²) in [6, 6.07) is 0. The van der Waals surface area contributed by atoms with Crippen molar-refractivity contribution in [2.45, 2.75) is 76.7 Å². The molecule has 0 N–H and O–H groups in total. The number of hydrogen-bond donors (Lipinski definition) is 0. The van der Waals surface area contributed by atoms with E-state index >= 15 is 0 Å². The summed E-state index contributed by atoms with van der Waals surface area (Å²) in [5.74, 6) is 0. The Hall–Kier alpha value is 1.46. The summed E-state index contributed by atoms with van der Waals surface area (Å²) in [6.45, 7) is 23.0. The van der Waals surface area contributed by atoms with Crippen molar-refractivity contribution in [3.05, 3.63) is 19.6 Å². The van der Waals surface area contributed by atoms with Crippen LogP contribution in [0.25, 0.3) is 0 Å². The van der Waals surface area contributed by atoms with Crippen molar-refractivity contribution in [1.29, 1.82) is 0 Å². The molecule has 16 nitrogen and oxygen atoms in total. The molecule has 0 aliphatic carbocycles. The summed E-state index contributed by atoms with van der Waals surface area (Å²) >= 11 is 9.65. The SMILES string of the molecule is C1CCOC1.C1CCOC1.C1COCCOCCOCCOCCOCCO1.CC(C)(C)[S-].CC(C)(C)[S-].[Fe].[Fe].[K+].[N]=O.[N]=O.[N]=O.[N]=O. The zero-order valence-electron chi connectivity index (χ0n) is 30.4. The van der Waals surface area contributed by atoms with Gasteiger partial charge in [-0.15, -0.1) is 19.6 Å². The molecule has 0 atom stereocenters. The van der Waals surface area contributed by atoms with Gasteiger partial charge >= 0.3 is 51.4 Å². The first-order valence-electron chi connectivity index (χ1n) is 14.8. The topological polar surface area (TPSA) is 231 Å². The molecule has 3 rings (SSSR count). The van der Waals surface area contributed by atoms with Crippen LogP contribution in [0.2, 0.25) is 0 Å². The van der Waals surface area contributed by atoms with Crippen molar-refractivity contribution in [2.24, 2.45) is 0 Å². The third-order valence-electron chi connectivity index (χ3n) is 3.89. The van der Waals surface area contributed by atoms with Gasteiger partial charge in [-0.25, -0.2) is 0 Å². The normalized spacial score (nSPS) is 16.5. The predicted molar refractivity (Wildman–Crippen MR) is 181 cm³/mol. The van der Waals surface area contributed by atoms with Crippen LogP contribution >= 0.6 is 0 Å². The Morgan fingerprint density at radius 1 is 0.327 bits per heavy atom. The van der Waals surface area contributed by atoms with E-state index in [1.54, 1.807) is 0 Å². The van der Waals surface area contributed by atoms with Gasteiger partial charge in [0.2, 0.25) is 0 Å². The molecule has 21 heteroatoms. The number of rotatable bonds is 0. The van der Waals surface area contributed by atoms with E-state index in [4.69, 9.17) is 105 Å². The standard InChI is InChI=1S/C12H24O6.2C4H8O.2C4H10S.2Fe.K.4NO/c1-2-14-5-6-16-9-10-18-12-11-17-8-7-15-4-3-13-1;2*1-2-4-5-3-1;2*1-4(2,3)5;;;;4*1-2/h1-12H2;2*1-4H2;2*5H,1-3H3;;;;;;;/q;;;;;;;+1;;;;/p-2. The van der Waals surface area contributed by atoms with Gasteiger partial charge in [-0.2, -0.15) is 9.49 Å². The molecule has 0 bridgehead atoms. The van der Waals surface area contributed by atoms with Gasteiger partial charge in [0.15, 0.2) is 0 Å². The Morgan fingerprint density at radius 2 is 0.408 bits per heavy atom. The molecule has 0 saturated carbocycles. The molecule has 0 aromatic rings. The van der Waals surface area contributed by atoms with Crippen LogP contribution in [0, 0.1) is 19.6 Å². The molecule has 3 aliphatic heterocycles. The van der Waals surface area contributed by atoms with E-state index in [1.165, 1.54) is 25.7 Å². The molecule has 0 aromatic heterocycles. The van der Waals surface area contributed by atoms with Gasteiger partial charge in [-0.3, -0.25) is 0 Å². The van der Waals surface area contributed by atoms with E-state index in [1.807, 2.05) is 41.5 Å². The molecule has 0 aromatic carbocycles. The predicted octanol–water partition coefficient (Wildman–Crippen LogP) is -0.433. The van der Waals surface area contributed by atoms with E-state index in [0.717, 1.165) is 26.4 Å². The molecule has 3 saturated heterocycles. The summed E-state index contributed by atoms with van der Waals surface area (Å²) in [5, 5.41) is 0. The van der Waals surface area contributed by atoms with Crippen LogP contribution in [0.3, 0.4) is 0 Å². The maximum atomic E-state index is 7.25. The second kappa shape index (κ2) is 67.6. The maximum absolute atomic E-state index is 7.25. The van der Waals surface area contributed by atoms with Gasteiger partial charge in [0.25, 0.3) is 0 Å². The Balaban J connectivity index is -0.0000000614. The fourth-order valence-electron chi connectivity index (χ4n) is 2.34. The van der Waals surface area contributed by atoms with Crippen LogP contribution in [-0.4, -0.2) is 115 Å². The molecule has 0 spiro atoms. The smallest absolute Gasteiger partial charge is 0.787 e. The van der Waals surface area contributed by atoms with Crippen LogP contribution in [-0.2, 0) is 97.3 Å². The molecular weight excluding hydrogens is 799 g/mol. The first-order valence-corrected chi connectivity index (χ1v) is 15.6. The van der Waals surface area contributed by atoms with E-state index in [-0.39, 0.29) is 95.0 Å². The third-order valence-corrected chi connectivity index (χ3v) is 3.89. The molecule has 3 heterocycles. The van der Waals surface area contributed by atoms with Gasteiger partial charge < -0.3 is 63.2 Å². The van der Waals surface area contributed by atoms with Crippen LogP contribution in [0.4, 0.5) is 0 Å². The molecule has 49 heavy (non-hydrogen) atoms. The van der Waals surface area contributed by atoms with Gasteiger partial charge in [0.1, 0.15) is 22.4 Å². The first-order chi connectivity index (χ1) is 22.0. The third kappa shape index (κ3) is 128. The fraction of sp³-hybridized carbons (Fsp3) is 1.00. The fourth-order valence-corrected chi connectivity index (χ4v) is 2.34. The summed E-state index contributed by atoms with van der Waals surface area (Å²) < 4.78 is 42.0. The van der Waals surface area contributed by atoms with Gasteiger partial charge in [0.05, 0.1) is 79.3 Å². The van der Waals surface area contributed by atoms with E-state index < -0.39 is 0 Å². The van der Waals surface area contributed by atoms with Crippen molar-refractivity contribution in [2.75, 3.05) is 106 Å². The average molecular weight is 858 g/mol. The van der Waals surface area contributed by atoms with Gasteiger partial charge in [-0.05, 0) is 25.7 Å². The van der Waals surface area contributed by atoms with Gasteiger partial charge in [-0.1, -0.05) is 41.5 Å². The quantitative estimate of drug-likeness (QED) is 0.222. The molecule has 0 amide bonds. The van der Waals surface area contributed by atoms with Gasteiger partial charge in [0, 0.05) is 60.6 Å². The summed E-state index contributed by atoms with van der Waals surface area (Å²) in [7, 11) is 0. The number of nitroso groups, excluding NO2 is 4. The van der Waals surface area contributed by atoms with Crippen LogP contribution in [0.1, 0.15) is 67.2 Å². The number of hydrogen-bond acceptors (Lipinski definition) is 14. The Labute approximate surface area is 369 Å². The van der Waals surface area contributed by atoms with E-state index in [9.17, 15) is 0 Å². The average Bonchev–Trinajstić information content (AvgIpc) is 3.80. The minimum Gasteiger partial charge on any atom is -0.787 e. The molecule has 3 aliphatic rings. The maximum Gasteiger partial charge on any atom is 1.00 e. The van der Waals surface area contributed by atoms with E-state index in [0.29, 0.717) is 79.3 Å². The first kappa shape index (κ1) is 71.8. The van der Waals surface area contributed by atoms with Crippen LogP contribution in [0.5, 0.6) is 0 Å². The zero-order chi connectivity index (χ0) is 36.8. The van der Waals surface area contributed by atoms with Crippen molar-refractivity contribution in [3.63, 3.8) is 0 Å². The molecule has 0 unspecified atom stereocenters. The number of ether oxygens (including phenoxy) is 8.